The van der Waals surface area contributed by atoms with E-state index in [1.807, 2.05) is 0 Å². The zero-order chi connectivity index (χ0) is 25.8. The van der Waals surface area contributed by atoms with Gasteiger partial charge < -0.3 is 15.7 Å². The Hall–Kier alpha value is -1.84. The maximum Gasteiger partial charge on any atom is 0.138 e. The lowest BCUT2D eigenvalue weighted by atomic mass is 9.87. The Kier molecular flexibility index (Phi) is 9.10. The summed E-state index contributed by atoms with van der Waals surface area (Å²) < 4.78 is 33.7. The van der Waals surface area contributed by atoms with Gasteiger partial charge in [0, 0.05) is 10.9 Å². The zero-order valence-corrected chi connectivity index (χ0v) is 23.2. The molecule has 0 fully saturated rings. The standard InChI is InChI=1S/C22H27F2N5O2P4/c23-14-4-6-16(18(33)8-14)21(30,11-29(26)12-28-25)22(34,35)19-7-5-15(9-27-19)31-10-13-2-1-3-17(32)20(13)24/h1-9,12,30H,10-11,25-26,32-35H2/b28-12-. The molecule has 5 atom stereocenters. The molecule has 13 heteroatoms. The van der Waals surface area contributed by atoms with Crippen LogP contribution in [-0.4, -0.2) is 28.0 Å². The third kappa shape index (κ3) is 6.12. The van der Waals surface area contributed by atoms with Gasteiger partial charge in [0.15, 0.2) is 0 Å². The van der Waals surface area contributed by atoms with E-state index in [1.54, 1.807) is 30.3 Å². The molecule has 0 saturated heterocycles. The van der Waals surface area contributed by atoms with Crippen LogP contribution in [0.15, 0.2) is 59.8 Å². The molecule has 2 aromatic carbocycles. The minimum atomic E-state index is -1.71. The molecule has 0 aliphatic rings. The smallest absolute Gasteiger partial charge is 0.138 e. The van der Waals surface area contributed by atoms with E-state index in [9.17, 15) is 13.9 Å². The first-order valence-electron chi connectivity index (χ1n) is 10.2. The van der Waals surface area contributed by atoms with Crippen LogP contribution in [0.2, 0.25) is 0 Å². The molecule has 5 unspecified atom stereocenters. The summed E-state index contributed by atoms with van der Waals surface area (Å²) in [5.74, 6) is 10.8. The van der Waals surface area contributed by atoms with Crippen LogP contribution in [0.5, 0.6) is 5.75 Å². The number of halogens is 2. The first kappa shape index (κ1) is 27.7. The summed E-state index contributed by atoms with van der Waals surface area (Å²) in [4.78, 5) is 3.29. The molecule has 1 heterocycles. The van der Waals surface area contributed by atoms with Crippen molar-refractivity contribution in [2.24, 2.45) is 16.8 Å². The topological polar surface area (TPSA) is 110 Å². The Balaban J connectivity index is 1.92. The number of rotatable bonds is 9. The van der Waals surface area contributed by atoms with Crippen molar-refractivity contribution in [2.45, 2.75) is 17.1 Å². The lowest BCUT2D eigenvalue weighted by Gasteiger charge is -2.44. The second-order valence-corrected chi connectivity index (χ2v) is 11.6. The molecule has 0 radical (unpaired) electrons. The van der Waals surface area contributed by atoms with Gasteiger partial charge in [-0.2, -0.15) is 5.10 Å². The van der Waals surface area contributed by atoms with Crippen molar-refractivity contribution in [1.82, 2.24) is 9.99 Å². The van der Waals surface area contributed by atoms with E-state index in [4.69, 9.17) is 16.4 Å². The van der Waals surface area contributed by atoms with E-state index in [0.717, 1.165) is 11.3 Å². The number of ether oxygens (including phenoxy) is 1. The number of hydrazine groups is 1. The van der Waals surface area contributed by atoms with Gasteiger partial charge in [-0.25, -0.2) is 14.6 Å². The van der Waals surface area contributed by atoms with Crippen LogP contribution >= 0.6 is 37.0 Å². The molecular formula is C22H27F2N5O2P4. The van der Waals surface area contributed by atoms with Crippen LogP contribution in [0.25, 0.3) is 0 Å². The van der Waals surface area contributed by atoms with E-state index in [0.29, 0.717) is 33.2 Å². The van der Waals surface area contributed by atoms with Crippen molar-refractivity contribution >= 4 is 53.9 Å². The maximum atomic E-state index is 14.2. The van der Waals surface area contributed by atoms with Crippen LogP contribution in [0.1, 0.15) is 16.8 Å². The number of aliphatic hydroxyl groups is 1. The molecule has 5 N–H and O–H groups in total. The highest BCUT2D eigenvalue weighted by atomic mass is 31.1. The molecule has 186 valence electrons. The first-order valence-corrected chi connectivity index (χ1v) is 12.5. The number of hydrazone groups is 1. The van der Waals surface area contributed by atoms with Crippen molar-refractivity contribution in [1.29, 1.82) is 0 Å². The molecule has 3 aromatic rings. The quantitative estimate of drug-likeness (QED) is 0.122. The van der Waals surface area contributed by atoms with Gasteiger partial charge in [0.2, 0.25) is 0 Å². The van der Waals surface area contributed by atoms with Gasteiger partial charge in [-0.15, -0.1) is 37.0 Å². The Morgan fingerprint density at radius 3 is 2.49 bits per heavy atom. The first-order chi connectivity index (χ1) is 16.5. The number of nitrogens with zero attached hydrogens (tertiary/aromatic N) is 3. The Bertz CT molecular complexity index is 1220. The molecule has 0 aliphatic heterocycles. The van der Waals surface area contributed by atoms with Gasteiger partial charge >= 0.3 is 0 Å². The molecule has 35 heavy (non-hydrogen) atoms. The second-order valence-electron chi connectivity index (χ2n) is 7.89. The van der Waals surface area contributed by atoms with Crippen LogP contribution < -0.4 is 27.0 Å². The van der Waals surface area contributed by atoms with Crippen LogP contribution in [-0.2, 0) is 17.1 Å². The molecule has 0 saturated carbocycles. The van der Waals surface area contributed by atoms with Gasteiger partial charge in [0.05, 0.1) is 23.3 Å². The molecule has 3 rings (SSSR count). The number of pyridine rings is 1. The van der Waals surface area contributed by atoms with E-state index in [1.165, 1.54) is 24.4 Å². The van der Waals surface area contributed by atoms with Crippen LogP contribution in [0.4, 0.5) is 8.78 Å². The maximum absolute atomic E-state index is 14.2. The molecule has 1 aromatic heterocycles. The monoisotopic (exact) mass is 555 g/mol. The minimum absolute atomic E-state index is 0.0263. The van der Waals surface area contributed by atoms with Gasteiger partial charge in [-0.1, -0.05) is 24.3 Å². The summed E-state index contributed by atoms with van der Waals surface area (Å²) in [5, 5.41) is 17.4. The Morgan fingerprint density at radius 1 is 1.11 bits per heavy atom. The third-order valence-electron chi connectivity index (χ3n) is 5.43. The van der Waals surface area contributed by atoms with Crippen molar-refractivity contribution < 1.29 is 18.6 Å². The number of benzene rings is 2. The van der Waals surface area contributed by atoms with Crippen molar-refractivity contribution in [3.63, 3.8) is 0 Å². The Morgan fingerprint density at radius 2 is 1.86 bits per heavy atom. The minimum Gasteiger partial charge on any atom is -0.487 e. The van der Waals surface area contributed by atoms with E-state index in [2.05, 4.69) is 47.0 Å². The highest BCUT2D eigenvalue weighted by molar-refractivity contribution is 7.39. The molecule has 0 amide bonds. The Labute approximate surface area is 211 Å². The largest absolute Gasteiger partial charge is 0.487 e. The normalized spacial score (nSPS) is 13.6. The van der Waals surface area contributed by atoms with Gasteiger partial charge in [0.25, 0.3) is 0 Å². The zero-order valence-electron chi connectivity index (χ0n) is 18.6. The number of hydrogen-bond donors (Lipinski definition) is 3. The summed E-state index contributed by atoms with van der Waals surface area (Å²) in [6, 6.07) is 12.4. The fraction of sp³-hybridized carbons (Fsp3) is 0.182. The lowest BCUT2D eigenvalue weighted by Crippen LogP contribution is -2.53. The lowest BCUT2D eigenvalue weighted by molar-refractivity contribution is 0.00240. The second kappa shape index (κ2) is 11.5. The van der Waals surface area contributed by atoms with Crippen molar-refractivity contribution in [3.05, 3.63) is 83.2 Å². The summed E-state index contributed by atoms with van der Waals surface area (Å²) in [7, 11) is 9.92. The summed E-state index contributed by atoms with van der Waals surface area (Å²) in [5.41, 5.74) is -0.436. The average molecular weight is 555 g/mol. The fourth-order valence-corrected chi connectivity index (χ4v) is 5.16. The highest BCUT2D eigenvalue weighted by Gasteiger charge is 2.49. The predicted molar refractivity (Wildman–Crippen MR) is 149 cm³/mol. The molecule has 7 nitrogen and oxygen atoms in total. The van der Waals surface area contributed by atoms with Crippen molar-refractivity contribution in [2.75, 3.05) is 6.54 Å². The average Bonchev–Trinajstić information content (AvgIpc) is 2.80. The number of nitrogens with two attached hydrogens (primary N) is 2. The molecule has 0 spiro atoms. The van der Waals surface area contributed by atoms with E-state index in [-0.39, 0.29) is 19.0 Å². The molecular weight excluding hydrogens is 528 g/mol. The molecule has 0 aliphatic carbocycles. The van der Waals surface area contributed by atoms with Gasteiger partial charge in [-0.3, -0.25) is 9.99 Å². The van der Waals surface area contributed by atoms with Crippen LogP contribution in [0, 0.1) is 11.6 Å². The highest BCUT2D eigenvalue weighted by Crippen LogP contribution is 2.52. The SMILES string of the molecule is N/N=C\N(N)CC(O)(c1ccc(F)cc1P)C(P)(P)c1ccc(OCc2cccc(P)c2F)cn1. The van der Waals surface area contributed by atoms with Crippen LogP contribution in [0.3, 0.4) is 0 Å². The number of aromatic nitrogens is 1. The number of hydrogen-bond acceptors (Lipinski definition) is 6. The van der Waals surface area contributed by atoms with E-state index < -0.39 is 16.3 Å². The van der Waals surface area contributed by atoms with E-state index >= 15 is 0 Å². The summed E-state index contributed by atoms with van der Waals surface area (Å²) in [6.07, 6.45) is 2.64. The molecule has 0 bridgehead atoms. The summed E-state index contributed by atoms with van der Waals surface area (Å²) >= 11 is 0. The fourth-order valence-electron chi connectivity index (χ4n) is 3.53. The van der Waals surface area contributed by atoms with Gasteiger partial charge in [0.1, 0.15) is 35.9 Å². The van der Waals surface area contributed by atoms with Crippen molar-refractivity contribution in [3.8, 4) is 5.75 Å². The summed E-state index contributed by atoms with van der Waals surface area (Å²) in [6.45, 7) is -0.128. The van der Waals surface area contributed by atoms with Gasteiger partial charge in [-0.05, 0) is 35.1 Å². The predicted octanol–water partition coefficient (Wildman–Crippen LogP) is 1.81. The third-order valence-corrected chi connectivity index (χ3v) is 7.90.